The van der Waals surface area contributed by atoms with Crippen molar-refractivity contribution in [3.05, 3.63) is 47.2 Å². The molecule has 26 heavy (non-hydrogen) atoms. The van der Waals surface area contributed by atoms with Crippen LogP contribution in [0.5, 0.6) is 0 Å². The van der Waals surface area contributed by atoms with E-state index in [0.29, 0.717) is 19.2 Å². The molecule has 1 aromatic heterocycles. The van der Waals surface area contributed by atoms with Gasteiger partial charge in [0.25, 0.3) is 0 Å². The zero-order valence-electron chi connectivity index (χ0n) is 15.5. The lowest BCUT2D eigenvalue weighted by molar-refractivity contribution is -0.169. The van der Waals surface area contributed by atoms with Crippen molar-refractivity contribution < 1.29 is 9.47 Å². The highest BCUT2D eigenvalue weighted by Gasteiger charge is 2.40. The van der Waals surface area contributed by atoms with Gasteiger partial charge in [-0.15, -0.1) is 0 Å². The predicted molar refractivity (Wildman–Crippen MR) is 101 cm³/mol. The van der Waals surface area contributed by atoms with E-state index < -0.39 is 0 Å². The average molecular weight is 354 g/mol. The van der Waals surface area contributed by atoms with E-state index in [1.807, 2.05) is 13.0 Å². The molecule has 4 rings (SSSR count). The second kappa shape index (κ2) is 7.21. The number of ether oxygens (including phenoxy) is 2. The molecular formula is C20H26N4O2. The molecule has 0 unspecified atom stereocenters. The Morgan fingerprint density at radius 2 is 1.81 bits per heavy atom. The lowest BCUT2D eigenvalue weighted by atomic mass is 10.0. The van der Waals surface area contributed by atoms with Crippen LogP contribution in [-0.4, -0.2) is 42.1 Å². The van der Waals surface area contributed by atoms with Gasteiger partial charge in [-0.1, -0.05) is 24.3 Å². The molecule has 1 N–H and O–H groups in total. The van der Waals surface area contributed by atoms with Gasteiger partial charge in [0.1, 0.15) is 5.82 Å². The molecule has 0 saturated carbocycles. The molecule has 6 heteroatoms. The summed E-state index contributed by atoms with van der Waals surface area (Å²) in [5.41, 5.74) is 3.50. The molecule has 2 aliphatic rings. The van der Waals surface area contributed by atoms with Crippen molar-refractivity contribution in [2.45, 2.75) is 39.0 Å². The van der Waals surface area contributed by atoms with Crippen molar-refractivity contribution in [1.82, 2.24) is 9.97 Å². The highest BCUT2D eigenvalue weighted by Crippen LogP contribution is 2.33. The highest BCUT2D eigenvalue weighted by atomic mass is 16.7. The summed E-state index contributed by atoms with van der Waals surface area (Å²) in [6, 6.07) is 10.4. The van der Waals surface area contributed by atoms with E-state index >= 15 is 0 Å². The fourth-order valence-electron chi connectivity index (χ4n) is 3.64. The summed E-state index contributed by atoms with van der Waals surface area (Å²) < 4.78 is 11.6. The Morgan fingerprint density at radius 1 is 1.08 bits per heavy atom. The lowest BCUT2D eigenvalue weighted by Gasteiger charge is -2.38. The molecule has 0 bridgehead atoms. The van der Waals surface area contributed by atoms with Gasteiger partial charge in [0.2, 0.25) is 5.95 Å². The number of hydrogen-bond donors (Lipinski definition) is 1. The third-order valence-electron chi connectivity index (χ3n) is 5.20. The summed E-state index contributed by atoms with van der Waals surface area (Å²) in [7, 11) is 0. The van der Waals surface area contributed by atoms with E-state index in [-0.39, 0.29) is 5.79 Å². The molecule has 138 valence electrons. The van der Waals surface area contributed by atoms with Crippen LogP contribution in [0.2, 0.25) is 0 Å². The third kappa shape index (κ3) is 3.66. The molecular weight excluding hydrogens is 328 g/mol. The first-order valence-corrected chi connectivity index (χ1v) is 9.31. The quantitative estimate of drug-likeness (QED) is 0.911. The second-order valence-corrected chi connectivity index (χ2v) is 7.07. The topological polar surface area (TPSA) is 59.5 Å². The van der Waals surface area contributed by atoms with Crippen molar-refractivity contribution in [3.63, 3.8) is 0 Å². The molecule has 0 radical (unpaired) electrons. The van der Waals surface area contributed by atoms with Gasteiger partial charge in [-0.25, -0.2) is 4.98 Å². The predicted octanol–water partition coefficient (Wildman–Crippen LogP) is 3.05. The normalized spacial score (nSPS) is 19.1. The molecule has 3 heterocycles. The minimum absolute atomic E-state index is 0.357. The van der Waals surface area contributed by atoms with Crippen molar-refractivity contribution >= 4 is 11.8 Å². The maximum atomic E-state index is 5.82. The summed E-state index contributed by atoms with van der Waals surface area (Å²) in [5.74, 6) is 1.29. The van der Waals surface area contributed by atoms with E-state index in [0.717, 1.165) is 44.0 Å². The van der Waals surface area contributed by atoms with Crippen LogP contribution in [-0.2, 0) is 16.0 Å². The molecule has 1 aromatic carbocycles. The fourth-order valence-corrected chi connectivity index (χ4v) is 3.64. The SMILES string of the molecule is Cc1cc(N2CCC3(CC2)OCCO3)nc(NCc2ccccc2C)n1. The number of anilines is 2. The van der Waals surface area contributed by atoms with Crippen LogP contribution < -0.4 is 10.2 Å². The molecule has 0 atom stereocenters. The maximum absolute atomic E-state index is 5.82. The first-order chi connectivity index (χ1) is 12.6. The smallest absolute Gasteiger partial charge is 0.225 e. The van der Waals surface area contributed by atoms with Gasteiger partial charge in [-0.3, -0.25) is 0 Å². The molecule has 1 spiro atoms. The fraction of sp³-hybridized carbons (Fsp3) is 0.500. The van der Waals surface area contributed by atoms with Crippen molar-refractivity contribution in [1.29, 1.82) is 0 Å². The average Bonchev–Trinajstić information content (AvgIpc) is 3.09. The number of nitrogens with zero attached hydrogens (tertiary/aromatic N) is 3. The van der Waals surface area contributed by atoms with Crippen LogP contribution in [0.25, 0.3) is 0 Å². The largest absolute Gasteiger partial charge is 0.356 e. The van der Waals surface area contributed by atoms with E-state index in [4.69, 9.17) is 14.5 Å². The van der Waals surface area contributed by atoms with Crippen molar-refractivity contribution in [2.24, 2.45) is 0 Å². The summed E-state index contributed by atoms with van der Waals surface area (Å²) in [4.78, 5) is 11.6. The first kappa shape index (κ1) is 17.2. The Hall–Kier alpha value is -2.18. The molecule has 0 aliphatic carbocycles. The molecule has 2 fully saturated rings. The zero-order chi connectivity index (χ0) is 18.0. The van der Waals surface area contributed by atoms with Crippen LogP contribution in [0.1, 0.15) is 29.7 Å². The molecule has 6 nitrogen and oxygen atoms in total. The van der Waals surface area contributed by atoms with Gasteiger partial charge < -0.3 is 19.7 Å². The summed E-state index contributed by atoms with van der Waals surface area (Å²) in [5, 5.41) is 3.37. The third-order valence-corrected chi connectivity index (χ3v) is 5.20. The number of aryl methyl sites for hydroxylation is 2. The minimum Gasteiger partial charge on any atom is -0.356 e. The summed E-state index contributed by atoms with van der Waals surface area (Å²) in [6.07, 6.45) is 1.75. The van der Waals surface area contributed by atoms with Crippen LogP contribution in [0.4, 0.5) is 11.8 Å². The molecule has 0 amide bonds. The van der Waals surface area contributed by atoms with E-state index in [1.54, 1.807) is 0 Å². The Bertz CT molecular complexity index is 764. The van der Waals surface area contributed by atoms with Gasteiger partial charge in [0.15, 0.2) is 5.79 Å². The molecule has 2 saturated heterocycles. The van der Waals surface area contributed by atoms with Gasteiger partial charge in [0.05, 0.1) is 13.2 Å². The number of hydrogen-bond acceptors (Lipinski definition) is 6. The highest BCUT2D eigenvalue weighted by molar-refractivity contribution is 5.45. The van der Waals surface area contributed by atoms with E-state index in [1.165, 1.54) is 11.1 Å². The number of benzene rings is 1. The monoisotopic (exact) mass is 354 g/mol. The number of aromatic nitrogens is 2. The van der Waals surface area contributed by atoms with Crippen LogP contribution in [0, 0.1) is 13.8 Å². The Labute approximate surface area is 154 Å². The number of nitrogens with one attached hydrogen (secondary N) is 1. The Kier molecular flexibility index (Phi) is 4.78. The van der Waals surface area contributed by atoms with Crippen LogP contribution in [0.15, 0.2) is 30.3 Å². The number of rotatable bonds is 4. The van der Waals surface area contributed by atoms with Crippen LogP contribution >= 0.6 is 0 Å². The second-order valence-electron chi connectivity index (χ2n) is 7.07. The van der Waals surface area contributed by atoms with Gasteiger partial charge in [-0.05, 0) is 25.0 Å². The Morgan fingerprint density at radius 3 is 2.54 bits per heavy atom. The first-order valence-electron chi connectivity index (χ1n) is 9.31. The van der Waals surface area contributed by atoms with Crippen molar-refractivity contribution in [3.8, 4) is 0 Å². The van der Waals surface area contributed by atoms with Gasteiger partial charge >= 0.3 is 0 Å². The summed E-state index contributed by atoms with van der Waals surface area (Å²) in [6.45, 7) is 8.04. The Balaban J connectivity index is 1.44. The molecule has 2 aromatic rings. The lowest BCUT2D eigenvalue weighted by Crippen LogP contribution is -2.45. The zero-order valence-corrected chi connectivity index (χ0v) is 15.5. The minimum atomic E-state index is -0.357. The molecule has 2 aliphatic heterocycles. The van der Waals surface area contributed by atoms with E-state index in [9.17, 15) is 0 Å². The number of piperidine rings is 1. The van der Waals surface area contributed by atoms with Gasteiger partial charge in [-0.2, -0.15) is 4.98 Å². The van der Waals surface area contributed by atoms with Gasteiger partial charge in [0, 0.05) is 44.2 Å². The summed E-state index contributed by atoms with van der Waals surface area (Å²) >= 11 is 0. The van der Waals surface area contributed by atoms with E-state index in [2.05, 4.69) is 46.4 Å². The maximum Gasteiger partial charge on any atom is 0.225 e. The van der Waals surface area contributed by atoms with Crippen molar-refractivity contribution in [2.75, 3.05) is 36.5 Å². The van der Waals surface area contributed by atoms with Crippen LogP contribution in [0.3, 0.4) is 0 Å². The standard InChI is InChI=1S/C20H26N4O2/c1-15-5-3-4-6-17(15)14-21-19-22-16(2)13-18(23-19)24-9-7-20(8-10-24)25-11-12-26-20/h3-6,13H,7-12,14H2,1-2H3,(H,21,22,23).